The number of hydroxylamine groups is 1. The van der Waals surface area contributed by atoms with Crippen molar-refractivity contribution < 1.29 is 29.1 Å². The van der Waals surface area contributed by atoms with Gasteiger partial charge in [0.1, 0.15) is 18.7 Å². The van der Waals surface area contributed by atoms with Gasteiger partial charge >= 0.3 is 12.1 Å². The Morgan fingerprint density at radius 3 is 2.08 bits per heavy atom. The number of amides is 5. The summed E-state index contributed by atoms with van der Waals surface area (Å²) in [5, 5.41) is 16.6. The largest absolute Gasteiger partial charge is 0.449 e. The summed E-state index contributed by atoms with van der Waals surface area (Å²) in [6.07, 6.45) is -0.328. The number of benzene rings is 2. The van der Waals surface area contributed by atoms with E-state index in [0.717, 1.165) is 22.3 Å². The molecule has 1 aliphatic rings. The van der Waals surface area contributed by atoms with Gasteiger partial charge in [-0.1, -0.05) is 62.4 Å². The van der Waals surface area contributed by atoms with E-state index in [0.29, 0.717) is 6.42 Å². The van der Waals surface area contributed by atoms with Crippen molar-refractivity contribution >= 4 is 23.9 Å². The van der Waals surface area contributed by atoms with Crippen molar-refractivity contribution in [3.05, 3.63) is 59.7 Å². The number of ether oxygens (including phenoxy) is 1. The minimum atomic E-state index is -1.09. The highest BCUT2D eigenvalue weighted by molar-refractivity contribution is 5.91. The van der Waals surface area contributed by atoms with Crippen LogP contribution in [0.4, 0.5) is 9.59 Å². The molecule has 198 valence electrons. The fraction of sp³-hybridized carbons (Fsp3) is 0.385. The minimum Gasteiger partial charge on any atom is -0.449 e. The fourth-order valence-corrected chi connectivity index (χ4v) is 4.43. The summed E-state index contributed by atoms with van der Waals surface area (Å²) in [7, 11) is 0. The predicted octanol–water partition coefficient (Wildman–Crippen LogP) is 1.99. The van der Waals surface area contributed by atoms with Gasteiger partial charge in [0, 0.05) is 12.5 Å². The van der Waals surface area contributed by atoms with Gasteiger partial charge in [-0.15, -0.1) is 0 Å². The maximum atomic E-state index is 12.9. The zero-order valence-corrected chi connectivity index (χ0v) is 20.8. The first-order valence-electron chi connectivity index (χ1n) is 12.1. The van der Waals surface area contributed by atoms with E-state index in [2.05, 4.69) is 16.0 Å². The Bertz CT molecular complexity index is 1090. The van der Waals surface area contributed by atoms with Crippen molar-refractivity contribution in [2.24, 2.45) is 11.7 Å². The Labute approximate surface area is 215 Å². The van der Waals surface area contributed by atoms with Gasteiger partial charge in [-0.3, -0.25) is 14.8 Å². The second kappa shape index (κ2) is 12.7. The third kappa shape index (κ3) is 6.98. The Balaban J connectivity index is 1.61. The van der Waals surface area contributed by atoms with Crippen LogP contribution in [-0.2, 0) is 14.3 Å². The topological polar surface area (TPSA) is 172 Å². The first kappa shape index (κ1) is 27.5. The van der Waals surface area contributed by atoms with Crippen LogP contribution in [0.25, 0.3) is 11.1 Å². The number of hydrogen-bond acceptors (Lipinski definition) is 6. The van der Waals surface area contributed by atoms with Crippen molar-refractivity contribution in [1.82, 2.24) is 21.4 Å². The minimum absolute atomic E-state index is 0.0920. The molecular weight excluding hydrogens is 478 g/mol. The van der Waals surface area contributed by atoms with Gasteiger partial charge in [-0.05, 0) is 41.0 Å². The number of fused-ring (bicyclic) bond motifs is 3. The molecule has 2 aromatic rings. The normalized spacial score (nSPS) is 13.6. The van der Waals surface area contributed by atoms with E-state index < -0.39 is 36.0 Å². The molecule has 0 heterocycles. The highest BCUT2D eigenvalue weighted by Gasteiger charge is 2.31. The molecule has 0 aliphatic heterocycles. The van der Waals surface area contributed by atoms with Crippen molar-refractivity contribution in [1.29, 1.82) is 0 Å². The Morgan fingerprint density at radius 1 is 0.946 bits per heavy atom. The molecule has 0 spiro atoms. The van der Waals surface area contributed by atoms with E-state index in [4.69, 9.17) is 15.7 Å². The third-order valence-corrected chi connectivity index (χ3v) is 6.28. The Morgan fingerprint density at radius 2 is 1.54 bits per heavy atom. The van der Waals surface area contributed by atoms with E-state index in [9.17, 15) is 19.2 Å². The van der Waals surface area contributed by atoms with Crippen LogP contribution in [0.5, 0.6) is 0 Å². The average Bonchev–Trinajstić information content (AvgIpc) is 3.20. The average molecular weight is 512 g/mol. The molecule has 0 unspecified atom stereocenters. The standard InChI is InChI=1S/C26H33N5O6/c1-15(2)22(24(33)29-21(23(32)31-36)12-7-13-28-25(27)34)30-26(35)37-14-20-18-10-5-3-8-16(18)17-9-4-6-11-19(17)20/h3-6,8-11,15,20-22,36H,7,12-14H2,1-2H3,(H,29,33)(H,30,35)(H,31,32)(H3,27,28,34)/t21-,22-/m0/s1. The molecule has 0 fully saturated rings. The number of rotatable bonds is 11. The zero-order chi connectivity index (χ0) is 26.9. The molecule has 2 aromatic carbocycles. The lowest BCUT2D eigenvalue weighted by Crippen LogP contribution is -2.55. The van der Waals surface area contributed by atoms with Crippen LogP contribution in [0.15, 0.2) is 48.5 Å². The van der Waals surface area contributed by atoms with E-state index in [1.165, 1.54) is 5.48 Å². The summed E-state index contributed by atoms with van der Waals surface area (Å²) < 4.78 is 5.54. The van der Waals surface area contributed by atoms with E-state index in [1.54, 1.807) is 13.8 Å². The smallest absolute Gasteiger partial charge is 0.407 e. The van der Waals surface area contributed by atoms with E-state index in [-0.39, 0.29) is 31.4 Å². The van der Waals surface area contributed by atoms with Gasteiger partial charge in [-0.25, -0.2) is 15.1 Å². The first-order valence-corrected chi connectivity index (χ1v) is 12.1. The van der Waals surface area contributed by atoms with Crippen LogP contribution in [0.1, 0.15) is 43.7 Å². The van der Waals surface area contributed by atoms with Gasteiger partial charge < -0.3 is 26.4 Å². The summed E-state index contributed by atoms with van der Waals surface area (Å²) in [6.45, 7) is 3.76. The van der Waals surface area contributed by atoms with E-state index in [1.807, 2.05) is 48.5 Å². The number of alkyl carbamates (subject to hydrolysis) is 1. The lowest BCUT2D eigenvalue weighted by Gasteiger charge is -2.25. The van der Waals surface area contributed by atoms with Crippen molar-refractivity contribution in [3.8, 4) is 11.1 Å². The monoisotopic (exact) mass is 511 g/mol. The number of urea groups is 1. The Kier molecular flexibility index (Phi) is 9.45. The lowest BCUT2D eigenvalue weighted by atomic mass is 9.98. The zero-order valence-electron chi connectivity index (χ0n) is 20.8. The molecule has 7 N–H and O–H groups in total. The highest BCUT2D eigenvalue weighted by Crippen LogP contribution is 2.44. The maximum absolute atomic E-state index is 12.9. The summed E-state index contributed by atoms with van der Waals surface area (Å²) in [4.78, 5) is 48.5. The number of hydrogen-bond donors (Lipinski definition) is 6. The van der Waals surface area contributed by atoms with Crippen LogP contribution < -0.4 is 27.2 Å². The molecule has 0 aromatic heterocycles. The lowest BCUT2D eigenvalue weighted by molar-refractivity contribution is -0.135. The number of nitrogens with two attached hydrogens (primary N) is 1. The molecule has 1 aliphatic carbocycles. The van der Waals surface area contributed by atoms with Gasteiger partial charge in [0.25, 0.3) is 5.91 Å². The summed E-state index contributed by atoms with van der Waals surface area (Å²) in [5.41, 5.74) is 10.9. The maximum Gasteiger partial charge on any atom is 0.407 e. The second-order valence-electron chi connectivity index (χ2n) is 9.16. The molecule has 0 saturated carbocycles. The highest BCUT2D eigenvalue weighted by atomic mass is 16.5. The van der Waals surface area contributed by atoms with Crippen LogP contribution in [0.2, 0.25) is 0 Å². The molecule has 5 amide bonds. The van der Waals surface area contributed by atoms with Crippen LogP contribution in [-0.4, -0.2) is 54.4 Å². The Hall–Kier alpha value is -4.12. The molecule has 37 heavy (non-hydrogen) atoms. The second-order valence-corrected chi connectivity index (χ2v) is 9.16. The fourth-order valence-electron chi connectivity index (χ4n) is 4.43. The number of carbonyl (C=O) groups is 4. The summed E-state index contributed by atoms with van der Waals surface area (Å²) in [6, 6.07) is 13.1. The van der Waals surface area contributed by atoms with Gasteiger partial charge in [0.05, 0.1) is 0 Å². The van der Waals surface area contributed by atoms with Gasteiger partial charge in [-0.2, -0.15) is 0 Å². The molecule has 2 atom stereocenters. The summed E-state index contributed by atoms with van der Waals surface area (Å²) >= 11 is 0. The summed E-state index contributed by atoms with van der Waals surface area (Å²) in [5.74, 6) is -1.89. The number of nitrogens with one attached hydrogen (secondary N) is 4. The molecule has 0 radical (unpaired) electrons. The molecule has 11 nitrogen and oxygen atoms in total. The SMILES string of the molecule is CC(C)[C@H](NC(=O)OCC1c2ccccc2-c2ccccc21)C(=O)N[C@@H](CCCNC(N)=O)C(=O)NO. The number of primary amides is 1. The molecule has 0 saturated heterocycles. The van der Waals surface area contributed by atoms with Crippen LogP contribution in [0, 0.1) is 5.92 Å². The molecule has 3 rings (SSSR count). The third-order valence-electron chi connectivity index (χ3n) is 6.28. The van der Waals surface area contributed by atoms with Crippen molar-refractivity contribution in [2.45, 2.75) is 44.7 Å². The van der Waals surface area contributed by atoms with Crippen molar-refractivity contribution in [2.75, 3.05) is 13.2 Å². The van der Waals surface area contributed by atoms with Crippen LogP contribution in [0.3, 0.4) is 0 Å². The quantitative estimate of drug-likeness (QED) is 0.153. The van der Waals surface area contributed by atoms with Crippen molar-refractivity contribution in [3.63, 3.8) is 0 Å². The van der Waals surface area contributed by atoms with Gasteiger partial charge in [0.2, 0.25) is 5.91 Å². The molecule has 11 heteroatoms. The predicted molar refractivity (Wildman–Crippen MR) is 136 cm³/mol. The molecule has 0 bridgehead atoms. The molecular formula is C26H33N5O6. The van der Waals surface area contributed by atoms with Gasteiger partial charge in [0.15, 0.2) is 0 Å². The van der Waals surface area contributed by atoms with Crippen LogP contribution >= 0.6 is 0 Å². The first-order chi connectivity index (χ1) is 17.7. The number of carbonyl (C=O) groups excluding carboxylic acids is 4. The van der Waals surface area contributed by atoms with E-state index >= 15 is 0 Å².